The molecule has 2 amide bonds. The van der Waals surface area contributed by atoms with Crippen molar-refractivity contribution in [3.8, 4) is 0 Å². The van der Waals surface area contributed by atoms with Crippen molar-refractivity contribution in [3.05, 3.63) is 35.4 Å². The van der Waals surface area contributed by atoms with Crippen LogP contribution in [0.1, 0.15) is 48.5 Å². The van der Waals surface area contributed by atoms with Gasteiger partial charge in [0.15, 0.2) is 0 Å². The highest BCUT2D eigenvalue weighted by atomic mass is 16.2. The van der Waals surface area contributed by atoms with E-state index in [0.29, 0.717) is 6.54 Å². The van der Waals surface area contributed by atoms with Gasteiger partial charge >= 0.3 is 0 Å². The van der Waals surface area contributed by atoms with Crippen LogP contribution in [0.4, 0.5) is 0 Å². The van der Waals surface area contributed by atoms with Crippen LogP contribution in [-0.4, -0.2) is 54.8 Å². The lowest BCUT2D eigenvalue weighted by Crippen LogP contribution is -2.40. The van der Waals surface area contributed by atoms with Crippen LogP contribution >= 0.6 is 0 Å². The lowest BCUT2D eigenvalue weighted by atomic mass is 9.88. The number of rotatable bonds is 4. The highest BCUT2D eigenvalue weighted by molar-refractivity contribution is 5.94. The predicted molar refractivity (Wildman–Crippen MR) is 98.3 cm³/mol. The monoisotopic (exact) mass is 343 g/mol. The van der Waals surface area contributed by atoms with E-state index in [9.17, 15) is 9.59 Å². The van der Waals surface area contributed by atoms with E-state index in [0.717, 1.165) is 56.6 Å². The summed E-state index contributed by atoms with van der Waals surface area (Å²) >= 11 is 0. The predicted octanol–water partition coefficient (Wildman–Crippen LogP) is 2.27. The lowest BCUT2D eigenvalue weighted by molar-refractivity contribution is -0.129. The molecule has 0 unspecified atom stereocenters. The molecule has 0 bridgehead atoms. The number of likely N-dealkylation sites (tertiary alicyclic amines) is 2. The summed E-state index contributed by atoms with van der Waals surface area (Å²) in [6.45, 7) is 6.05. The molecule has 2 saturated heterocycles. The normalized spacial score (nSPS) is 24.3. The summed E-state index contributed by atoms with van der Waals surface area (Å²) in [7, 11) is 2.05. The van der Waals surface area contributed by atoms with Crippen LogP contribution in [0, 0.1) is 5.41 Å². The minimum absolute atomic E-state index is 0.116. The molecule has 0 aliphatic carbocycles. The van der Waals surface area contributed by atoms with Crippen LogP contribution < -0.4 is 5.32 Å². The van der Waals surface area contributed by atoms with Gasteiger partial charge in [-0.1, -0.05) is 12.1 Å². The molecule has 2 heterocycles. The lowest BCUT2D eigenvalue weighted by Gasteiger charge is -2.26. The maximum atomic E-state index is 12.5. The smallest absolute Gasteiger partial charge is 0.253 e. The fraction of sp³-hybridized carbons (Fsp3) is 0.600. The first-order valence-corrected chi connectivity index (χ1v) is 9.33. The molecule has 2 fully saturated rings. The third-order valence-electron chi connectivity index (χ3n) is 5.51. The molecule has 136 valence electrons. The number of carbonyl (C=O) groups excluding carboxylic acids is 2. The fourth-order valence-electron chi connectivity index (χ4n) is 3.82. The van der Waals surface area contributed by atoms with Crippen molar-refractivity contribution >= 4 is 11.8 Å². The van der Waals surface area contributed by atoms with Crippen molar-refractivity contribution in [2.45, 2.75) is 39.2 Å². The van der Waals surface area contributed by atoms with Crippen molar-refractivity contribution in [2.24, 2.45) is 5.41 Å². The van der Waals surface area contributed by atoms with Gasteiger partial charge in [0.2, 0.25) is 5.91 Å². The first-order chi connectivity index (χ1) is 12.0. The zero-order valence-electron chi connectivity index (χ0n) is 15.4. The van der Waals surface area contributed by atoms with Gasteiger partial charge in [-0.2, -0.15) is 0 Å². The Hall–Kier alpha value is -1.88. The van der Waals surface area contributed by atoms with Gasteiger partial charge < -0.3 is 15.1 Å². The highest BCUT2D eigenvalue weighted by Crippen LogP contribution is 2.29. The number of benzene rings is 1. The van der Waals surface area contributed by atoms with E-state index in [2.05, 4.69) is 17.3 Å². The molecule has 1 aromatic rings. The van der Waals surface area contributed by atoms with Crippen molar-refractivity contribution in [1.82, 2.24) is 15.1 Å². The third kappa shape index (κ3) is 4.21. The summed E-state index contributed by atoms with van der Waals surface area (Å²) in [4.78, 5) is 29.1. The molecule has 1 aromatic carbocycles. The topological polar surface area (TPSA) is 52.7 Å². The molecular weight excluding hydrogens is 314 g/mol. The van der Waals surface area contributed by atoms with Crippen LogP contribution in [0.2, 0.25) is 0 Å². The Morgan fingerprint density at radius 1 is 1.08 bits per heavy atom. The minimum Gasteiger partial charge on any atom is -0.352 e. The van der Waals surface area contributed by atoms with Crippen molar-refractivity contribution < 1.29 is 9.59 Å². The Balaban J connectivity index is 1.54. The maximum Gasteiger partial charge on any atom is 0.253 e. The van der Waals surface area contributed by atoms with E-state index in [1.165, 1.54) is 6.42 Å². The second kappa shape index (κ2) is 7.56. The summed E-state index contributed by atoms with van der Waals surface area (Å²) in [5.74, 6) is 0.238. The van der Waals surface area contributed by atoms with Crippen LogP contribution in [0.5, 0.6) is 0 Å². The molecule has 0 aromatic heterocycles. The molecule has 25 heavy (non-hydrogen) atoms. The van der Waals surface area contributed by atoms with E-state index in [1.807, 2.05) is 36.1 Å². The summed E-state index contributed by atoms with van der Waals surface area (Å²) < 4.78 is 0. The zero-order valence-corrected chi connectivity index (χ0v) is 15.4. The first kappa shape index (κ1) is 17.9. The fourth-order valence-corrected chi connectivity index (χ4v) is 3.82. The number of carbonyl (C=O) groups is 2. The second-order valence-electron chi connectivity index (χ2n) is 7.78. The number of hydrogen-bond acceptors (Lipinski definition) is 3. The largest absolute Gasteiger partial charge is 0.352 e. The summed E-state index contributed by atoms with van der Waals surface area (Å²) in [5.41, 5.74) is 1.47. The minimum atomic E-state index is -0.293. The SMILES string of the molecule is CN1CC[C@@](C)(C(=O)NCc2ccc(C(=O)N3CCCCC3)cc2)C1. The van der Waals surface area contributed by atoms with Gasteiger partial charge in [-0.3, -0.25) is 9.59 Å². The third-order valence-corrected chi connectivity index (χ3v) is 5.51. The zero-order chi connectivity index (χ0) is 17.9. The molecule has 5 heteroatoms. The van der Waals surface area contributed by atoms with Gasteiger partial charge in [0.1, 0.15) is 0 Å². The number of nitrogens with one attached hydrogen (secondary N) is 1. The molecule has 0 radical (unpaired) electrons. The molecule has 5 nitrogen and oxygen atoms in total. The Morgan fingerprint density at radius 2 is 1.76 bits per heavy atom. The molecular formula is C20H29N3O2. The van der Waals surface area contributed by atoms with E-state index in [4.69, 9.17) is 0 Å². The average Bonchev–Trinajstić information content (AvgIpc) is 3.00. The van der Waals surface area contributed by atoms with E-state index < -0.39 is 0 Å². The number of hydrogen-bond donors (Lipinski definition) is 1. The van der Waals surface area contributed by atoms with Gasteiger partial charge in [0, 0.05) is 31.7 Å². The Morgan fingerprint density at radius 3 is 2.36 bits per heavy atom. The first-order valence-electron chi connectivity index (χ1n) is 9.33. The Labute approximate surface area is 150 Å². The van der Waals surface area contributed by atoms with Crippen molar-refractivity contribution in [1.29, 1.82) is 0 Å². The van der Waals surface area contributed by atoms with Crippen molar-refractivity contribution in [3.63, 3.8) is 0 Å². The van der Waals surface area contributed by atoms with Gasteiger partial charge in [-0.05, 0) is 63.9 Å². The van der Waals surface area contributed by atoms with Gasteiger partial charge in [0.25, 0.3) is 5.91 Å². The van der Waals surface area contributed by atoms with Gasteiger partial charge in [-0.25, -0.2) is 0 Å². The van der Waals surface area contributed by atoms with E-state index >= 15 is 0 Å². The Bertz CT molecular complexity index is 622. The molecule has 0 spiro atoms. The molecule has 0 saturated carbocycles. The standard InChI is InChI=1S/C20H29N3O2/c1-20(10-13-22(2)15-20)19(25)21-14-16-6-8-17(9-7-16)18(24)23-11-4-3-5-12-23/h6-9H,3-5,10-15H2,1-2H3,(H,21,25)/t20-/m1/s1. The Kier molecular flexibility index (Phi) is 5.42. The summed E-state index contributed by atoms with van der Waals surface area (Å²) in [5, 5.41) is 3.05. The summed E-state index contributed by atoms with van der Waals surface area (Å²) in [6, 6.07) is 7.65. The molecule has 1 N–H and O–H groups in total. The van der Waals surface area contributed by atoms with E-state index in [1.54, 1.807) is 0 Å². The van der Waals surface area contributed by atoms with Crippen LogP contribution in [0.3, 0.4) is 0 Å². The van der Waals surface area contributed by atoms with Gasteiger partial charge in [0.05, 0.1) is 5.41 Å². The average molecular weight is 343 g/mol. The maximum absolute atomic E-state index is 12.5. The number of nitrogens with zero attached hydrogens (tertiary/aromatic N) is 2. The molecule has 2 aliphatic rings. The number of piperidine rings is 1. The molecule has 1 atom stereocenters. The van der Waals surface area contributed by atoms with Crippen LogP contribution in [0.15, 0.2) is 24.3 Å². The second-order valence-corrected chi connectivity index (χ2v) is 7.78. The van der Waals surface area contributed by atoms with Gasteiger partial charge in [-0.15, -0.1) is 0 Å². The number of amides is 2. The highest BCUT2D eigenvalue weighted by Gasteiger charge is 2.38. The molecule has 2 aliphatic heterocycles. The van der Waals surface area contributed by atoms with E-state index in [-0.39, 0.29) is 17.2 Å². The molecule has 3 rings (SSSR count). The van der Waals surface area contributed by atoms with Crippen LogP contribution in [0.25, 0.3) is 0 Å². The van der Waals surface area contributed by atoms with Crippen molar-refractivity contribution in [2.75, 3.05) is 33.2 Å². The van der Waals surface area contributed by atoms with Crippen LogP contribution in [-0.2, 0) is 11.3 Å². The summed E-state index contributed by atoms with van der Waals surface area (Å²) in [6.07, 6.45) is 4.32. The quantitative estimate of drug-likeness (QED) is 0.912.